The minimum atomic E-state index is -0.334. The van der Waals surface area contributed by atoms with Crippen molar-refractivity contribution in [2.24, 2.45) is 5.73 Å². The van der Waals surface area contributed by atoms with Crippen LogP contribution in [0.2, 0.25) is 0 Å². The molecule has 0 bridgehead atoms. The maximum absolute atomic E-state index is 13.7. The second-order valence-corrected chi connectivity index (χ2v) is 5.04. The molecular weight excluding hydrogens is 231 g/mol. The molecule has 0 radical (unpaired) electrons. The van der Waals surface area contributed by atoms with Crippen molar-refractivity contribution in [1.82, 2.24) is 4.90 Å². The van der Waals surface area contributed by atoms with Crippen LogP contribution in [0.4, 0.5) is 4.39 Å². The number of hydrogen-bond donors (Lipinski definition) is 1. The van der Waals surface area contributed by atoms with Crippen LogP contribution in [-0.2, 0) is 0 Å². The molecule has 1 aromatic carbocycles. The van der Waals surface area contributed by atoms with E-state index in [9.17, 15) is 4.39 Å². The monoisotopic (exact) mass is 252 g/mol. The lowest BCUT2D eigenvalue weighted by atomic mass is 10.1. The van der Waals surface area contributed by atoms with Crippen molar-refractivity contribution >= 4 is 0 Å². The Labute approximate surface area is 108 Å². The van der Waals surface area contributed by atoms with Gasteiger partial charge in [0, 0.05) is 18.6 Å². The second-order valence-electron chi connectivity index (χ2n) is 5.04. The summed E-state index contributed by atoms with van der Waals surface area (Å²) in [6.45, 7) is 3.18. The molecule has 1 atom stereocenters. The van der Waals surface area contributed by atoms with Crippen LogP contribution in [0, 0.1) is 5.82 Å². The highest BCUT2D eigenvalue weighted by molar-refractivity contribution is 5.30. The predicted octanol–water partition coefficient (Wildman–Crippen LogP) is 2.32. The molecular formula is C14H21FN2O. The molecule has 1 aliphatic rings. The average molecular weight is 252 g/mol. The van der Waals surface area contributed by atoms with Crippen molar-refractivity contribution in [3.8, 4) is 5.75 Å². The number of hydrogen-bond acceptors (Lipinski definition) is 3. The minimum absolute atomic E-state index is 0.158. The van der Waals surface area contributed by atoms with Crippen molar-refractivity contribution in [3.05, 3.63) is 29.6 Å². The van der Waals surface area contributed by atoms with E-state index in [0.29, 0.717) is 18.4 Å². The van der Waals surface area contributed by atoms with Crippen LogP contribution < -0.4 is 10.5 Å². The van der Waals surface area contributed by atoms with Gasteiger partial charge in [-0.2, -0.15) is 0 Å². The Hall–Kier alpha value is -1.13. The molecule has 3 nitrogen and oxygen atoms in total. The van der Waals surface area contributed by atoms with Crippen LogP contribution in [0.5, 0.6) is 5.75 Å². The number of nitrogens with two attached hydrogens (primary N) is 1. The first-order valence-corrected chi connectivity index (χ1v) is 6.46. The van der Waals surface area contributed by atoms with E-state index in [2.05, 4.69) is 11.9 Å². The Morgan fingerprint density at radius 1 is 1.50 bits per heavy atom. The second kappa shape index (κ2) is 5.67. The van der Waals surface area contributed by atoms with E-state index in [-0.39, 0.29) is 11.9 Å². The molecule has 1 aliphatic carbocycles. The lowest BCUT2D eigenvalue weighted by Crippen LogP contribution is -2.26. The number of likely N-dealkylation sites (N-methyl/N-ethyl adjacent to an activating group) is 1. The Morgan fingerprint density at radius 2 is 2.22 bits per heavy atom. The van der Waals surface area contributed by atoms with Crippen molar-refractivity contribution in [2.45, 2.75) is 31.8 Å². The van der Waals surface area contributed by atoms with Gasteiger partial charge in [0.05, 0.1) is 0 Å². The molecule has 0 spiro atoms. The Balaban J connectivity index is 1.85. The molecule has 4 heteroatoms. The van der Waals surface area contributed by atoms with Gasteiger partial charge in [0.15, 0.2) is 11.6 Å². The van der Waals surface area contributed by atoms with Crippen molar-refractivity contribution in [3.63, 3.8) is 0 Å². The smallest absolute Gasteiger partial charge is 0.165 e. The number of halogens is 1. The zero-order valence-electron chi connectivity index (χ0n) is 11.0. The molecule has 0 aliphatic heterocycles. The molecule has 0 unspecified atom stereocenters. The first kappa shape index (κ1) is 13.3. The zero-order chi connectivity index (χ0) is 13.1. The van der Waals surface area contributed by atoms with Gasteiger partial charge >= 0.3 is 0 Å². The number of nitrogens with zero attached hydrogens (tertiary/aromatic N) is 1. The highest BCUT2D eigenvalue weighted by Crippen LogP contribution is 2.25. The van der Waals surface area contributed by atoms with E-state index in [1.54, 1.807) is 6.07 Å². The number of ether oxygens (including phenoxy) is 1. The molecule has 0 heterocycles. The van der Waals surface area contributed by atoms with Gasteiger partial charge in [-0.05, 0) is 44.5 Å². The molecule has 1 aromatic rings. The van der Waals surface area contributed by atoms with Gasteiger partial charge in [-0.3, -0.25) is 0 Å². The maximum atomic E-state index is 13.7. The summed E-state index contributed by atoms with van der Waals surface area (Å²) in [5.41, 5.74) is 6.49. The largest absolute Gasteiger partial charge is 0.489 e. The molecule has 18 heavy (non-hydrogen) atoms. The van der Waals surface area contributed by atoms with Crippen LogP contribution in [0.25, 0.3) is 0 Å². The summed E-state index contributed by atoms with van der Waals surface area (Å²) in [6.07, 6.45) is 2.54. The van der Waals surface area contributed by atoms with E-state index < -0.39 is 0 Å². The van der Waals surface area contributed by atoms with Crippen LogP contribution >= 0.6 is 0 Å². The third-order valence-electron chi connectivity index (χ3n) is 3.35. The Kier molecular flexibility index (Phi) is 4.19. The predicted molar refractivity (Wildman–Crippen MR) is 70.1 cm³/mol. The lowest BCUT2D eigenvalue weighted by molar-refractivity contribution is 0.225. The van der Waals surface area contributed by atoms with Gasteiger partial charge in [-0.25, -0.2) is 4.39 Å². The molecule has 0 amide bonds. The Bertz CT molecular complexity index is 405. The fourth-order valence-electron chi connectivity index (χ4n) is 1.91. The third kappa shape index (κ3) is 3.43. The van der Waals surface area contributed by atoms with Crippen LogP contribution in [0.15, 0.2) is 18.2 Å². The summed E-state index contributed by atoms with van der Waals surface area (Å²) in [4.78, 5) is 2.26. The molecule has 0 aromatic heterocycles. The summed E-state index contributed by atoms with van der Waals surface area (Å²) in [5, 5.41) is 0. The van der Waals surface area contributed by atoms with Gasteiger partial charge in [-0.15, -0.1) is 0 Å². The first-order chi connectivity index (χ1) is 8.58. The fourth-order valence-corrected chi connectivity index (χ4v) is 1.91. The van der Waals surface area contributed by atoms with Gasteiger partial charge in [0.25, 0.3) is 0 Å². The summed E-state index contributed by atoms with van der Waals surface area (Å²) >= 11 is 0. The van der Waals surface area contributed by atoms with E-state index in [1.165, 1.54) is 18.9 Å². The highest BCUT2D eigenvalue weighted by atomic mass is 19.1. The van der Waals surface area contributed by atoms with E-state index >= 15 is 0 Å². The average Bonchev–Trinajstić information content (AvgIpc) is 3.14. The van der Waals surface area contributed by atoms with Gasteiger partial charge < -0.3 is 15.4 Å². The number of rotatable bonds is 6. The Morgan fingerprint density at radius 3 is 2.78 bits per heavy atom. The molecule has 2 N–H and O–H groups in total. The van der Waals surface area contributed by atoms with Crippen molar-refractivity contribution < 1.29 is 9.13 Å². The highest BCUT2D eigenvalue weighted by Gasteiger charge is 2.25. The van der Waals surface area contributed by atoms with Crippen LogP contribution in [0.1, 0.15) is 31.4 Å². The van der Waals surface area contributed by atoms with E-state index in [4.69, 9.17) is 10.5 Å². The van der Waals surface area contributed by atoms with Crippen LogP contribution in [0.3, 0.4) is 0 Å². The zero-order valence-corrected chi connectivity index (χ0v) is 11.0. The lowest BCUT2D eigenvalue weighted by Gasteiger charge is -2.16. The summed E-state index contributed by atoms with van der Waals surface area (Å²) in [5.74, 6) is -0.0255. The minimum Gasteiger partial charge on any atom is -0.489 e. The summed E-state index contributed by atoms with van der Waals surface area (Å²) in [6, 6.07) is 5.47. The van der Waals surface area contributed by atoms with Gasteiger partial charge in [0.2, 0.25) is 0 Å². The normalized spacial score (nSPS) is 16.9. The standard InChI is InChI=1S/C14H21FN2O/c1-10(16)11-3-6-14(13(15)9-11)18-8-7-17(2)12-4-5-12/h3,6,9-10,12H,4-5,7-8,16H2,1-2H3/t10-/m0/s1. The fraction of sp³-hybridized carbons (Fsp3) is 0.571. The quantitative estimate of drug-likeness (QED) is 0.844. The first-order valence-electron chi connectivity index (χ1n) is 6.46. The summed E-state index contributed by atoms with van der Waals surface area (Å²) in [7, 11) is 2.08. The topological polar surface area (TPSA) is 38.5 Å². The van der Waals surface area contributed by atoms with Gasteiger partial charge in [0.1, 0.15) is 6.61 Å². The van der Waals surface area contributed by atoms with Crippen LogP contribution in [-0.4, -0.2) is 31.1 Å². The SMILES string of the molecule is C[C@H](N)c1ccc(OCCN(C)C2CC2)c(F)c1. The van der Waals surface area contributed by atoms with E-state index in [0.717, 1.165) is 12.1 Å². The number of benzene rings is 1. The molecule has 100 valence electrons. The molecule has 2 rings (SSSR count). The molecule has 1 saturated carbocycles. The maximum Gasteiger partial charge on any atom is 0.165 e. The van der Waals surface area contributed by atoms with Crippen molar-refractivity contribution in [2.75, 3.05) is 20.2 Å². The third-order valence-corrected chi connectivity index (χ3v) is 3.35. The van der Waals surface area contributed by atoms with Gasteiger partial charge in [-0.1, -0.05) is 6.07 Å². The molecule has 1 fully saturated rings. The molecule has 0 saturated heterocycles. The van der Waals surface area contributed by atoms with Crippen molar-refractivity contribution in [1.29, 1.82) is 0 Å². The van der Waals surface area contributed by atoms with E-state index in [1.807, 2.05) is 13.0 Å². The summed E-state index contributed by atoms with van der Waals surface area (Å²) < 4.78 is 19.2.